The lowest BCUT2D eigenvalue weighted by molar-refractivity contribution is -0.121. The van der Waals surface area contributed by atoms with Gasteiger partial charge in [0.15, 0.2) is 0 Å². The third-order valence-electron chi connectivity index (χ3n) is 4.97. The molecule has 0 aliphatic carbocycles. The molecule has 0 bridgehead atoms. The fraction of sp³-hybridized carbons (Fsp3) is 0.120. The summed E-state index contributed by atoms with van der Waals surface area (Å²) in [5.41, 5.74) is 3.69. The van der Waals surface area contributed by atoms with Gasteiger partial charge in [-0.1, -0.05) is 18.2 Å². The number of phenols is 1. The van der Waals surface area contributed by atoms with Crippen molar-refractivity contribution in [3.8, 4) is 28.1 Å². The van der Waals surface area contributed by atoms with Crippen molar-refractivity contribution < 1.29 is 18.7 Å². The molecule has 5 nitrogen and oxygen atoms in total. The van der Waals surface area contributed by atoms with Crippen molar-refractivity contribution in [2.75, 3.05) is 11.9 Å². The number of nitrogens with zero attached hydrogens (tertiary/aromatic N) is 1. The van der Waals surface area contributed by atoms with E-state index < -0.39 is 11.6 Å². The highest BCUT2D eigenvalue weighted by Gasteiger charge is 2.10. The fourth-order valence-corrected chi connectivity index (χ4v) is 3.95. The Kier molecular flexibility index (Phi) is 6.95. The Bertz CT molecular complexity index is 1260. The molecule has 4 aromatic rings. The zero-order chi connectivity index (χ0) is 23.2. The Hall–Kier alpha value is -3.78. The molecule has 0 spiro atoms. The van der Waals surface area contributed by atoms with Crippen molar-refractivity contribution in [1.82, 2.24) is 10.3 Å². The van der Waals surface area contributed by atoms with Crippen LogP contribution in [-0.2, 0) is 11.3 Å². The molecule has 0 saturated heterocycles. The van der Waals surface area contributed by atoms with Gasteiger partial charge in [0.2, 0.25) is 5.91 Å². The lowest BCUT2D eigenvalue weighted by Crippen LogP contribution is -2.25. The van der Waals surface area contributed by atoms with Crippen LogP contribution in [0.5, 0.6) is 5.75 Å². The number of benzene rings is 2. The van der Waals surface area contributed by atoms with Gasteiger partial charge < -0.3 is 15.7 Å². The number of rotatable bonds is 8. The van der Waals surface area contributed by atoms with Gasteiger partial charge in [-0.3, -0.25) is 4.79 Å². The van der Waals surface area contributed by atoms with Crippen LogP contribution in [0.3, 0.4) is 0 Å². The van der Waals surface area contributed by atoms with Crippen molar-refractivity contribution >= 4 is 23.1 Å². The summed E-state index contributed by atoms with van der Waals surface area (Å²) in [5, 5.41) is 19.7. The highest BCUT2D eigenvalue weighted by molar-refractivity contribution is 7.08. The van der Waals surface area contributed by atoms with Gasteiger partial charge in [-0.25, -0.2) is 13.8 Å². The van der Waals surface area contributed by atoms with E-state index in [0.717, 1.165) is 28.8 Å². The third-order valence-corrected chi connectivity index (χ3v) is 5.65. The molecule has 0 saturated carbocycles. The van der Waals surface area contributed by atoms with E-state index in [-0.39, 0.29) is 30.2 Å². The normalized spacial score (nSPS) is 10.7. The standard InChI is InChI=1S/C25H21F2N3O2S/c26-20-5-4-17(22(27)13-20)14-29-25(32)6-8-28-24-12-19(18-7-9-33-15-18)11-23(30-24)16-2-1-3-21(31)10-16/h1-5,7,9-13,15,31H,6,8,14H2,(H,28,30)(H,29,32). The Morgan fingerprint density at radius 1 is 1.00 bits per heavy atom. The van der Waals surface area contributed by atoms with Crippen LogP contribution in [-0.4, -0.2) is 22.5 Å². The van der Waals surface area contributed by atoms with Crippen LogP contribution in [0.1, 0.15) is 12.0 Å². The fourth-order valence-electron chi connectivity index (χ4n) is 3.28. The minimum Gasteiger partial charge on any atom is -0.508 e. The second-order valence-electron chi connectivity index (χ2n) is 7.38. The van der Waals surface area contributed by atoms with Gasteiger partial charge in [-0.15, -0.1) is 0 Å². The number of anilines is 1. The highest BCUT2D eigenvalue weighted by Crippen LogP contribution is 2.30. The molecule has 2 aromatic carbocycles. The van der Waals surface area contributed by atoms with Gasteiger partial charge in [-0.05, 0) is 58.3 Å². The van der Waals surface area contributed by atoms with Crippen molar-refractivity contribution in [2.45, 2.75) is 13.0 Å². The number of pyridine rings is 1. The number of nitrogens with one attached hydrogen (secondary N) is 2. The Morgan fingerprint density at radius 2 is 1.88 bits per heavy atom. The molecule has 168 valence electrons. The van der Waals surface area contributed by atoms with Crippen molar-refractivity contribution in [1.29, 1.82) is 0 Å². The number of halogens is 2. The molecular weight excluding hydrogens is 444 g/mol. The largest absolute Gasteiger partial charge is 0.508 e. The van der Waals surface area contributed by atoms with Crippen LogP contribution < -0.4 is 10.6 Å². The van der Waals surface area contributed by atoms with E-state index in [1.165, 1.54) is 6.07 Å². The molecule has 2 heterocycles. The van der Waals surface area contributed by atoms with E-state index in [9.17, 15) is 18.7 Å². The number of carbonyl (C=O) groups is 1. The second-order valence-corrected chi connectivity index (χ2v) is 8.16. The topological polar surface area (TPSA) is 74.2 Å². The molecule has 4 rings (SSSR count). The second kappa shape index (κ2) is 10.2. The van der Waals surface area contributed by atoms with Crippen molar-refractivity contribution in [3.63, 3.8) is 0 Å². The van der Waals surface area contributed by atoms with Crippen LogP contribution in [0.25, 0.3) is 22.4 Å². The Balaban J connectivity index is 1.42. The Labute approximate surface area is 193 Å². The summed E-state index contributed by atoms with van der Waals surface area (Å²) in [6.45, 7) is 0.301. The van der Waals surface area contributed by atoms with Gasteiger partial charge in [0.05, 0.1) is 5.69 Å². The van der Waals surface area contributed by atoms with E-state index in [0.29, 0.717) is 18.1 Å². The van der Waals surface area contributed by atoms with Gasteiger partial charge in [0, 0.05) is 36.7 Å². The number of phenolic OH excluding ortho intramolecular Hbond substituents is 1. The predicted octanol–water partition coefficient (Wildman–Crippen LogP) is 5.58. The zero-order valence-electron chi connectivity index (χ0n) is 17.5. The lowest BCUT2D eigenvalue weighted by Gasteiger charge is -2.11. The highest BCUT2D eigenvalue weighted by atomic mass is 32.1. The van der Waals surface area contributed by atoms with E-state index in [4.69, 9.17) is 0 Å². The molecular formula is C25H21F2N3O2S. The molecule has 0 unspecified atom stereocenters. The quantitative estimate of drug-likeness (QED) is 0.318. The first kappa shape index (κ1) is 22.4. The number of hydrogen-bond donors (Lipinski definition) is 3. The monoisotopic (exact) mass is 465 g/mol. The number of aromatic nitrogens is 1. The molecule has 33 heavy (non-hydrogen) atoms. The summed E-state index contributed by atoms with van der Waals surface area (Å²) in [4.78, 5) is 16.8. The number of hydrogen-bond acceptors (Lipinski definition) is 5. The van der Waals surface area contributed by atoms with Gasteiger partial charge in [0.25, 0.3) is 0 Å². The average molecular weight is 466 g/mol. The summed E-state index contributed by atoms with van der Waals surface area (Å²) in [7, 11) is 0. The summed E-state index contributed by atoms with van der Waals surface area (Å²) < 4.78 is 26.7. The van der Waals surface area contributed by atoms with Crippen LogP contribution in [0.2, 0.25) is 0 Å². The number of thiophene rings is 1. The molecule has 0 atom stereocenters. The zero-order valence-corrected chi connectivity index (χ0v) is 18.3. The summed E-state index contributed by atoms with van der Waals surface area (Å²) in [6.07, 6.45) is 0.147. The predicted molar refractivity (Wildman–Crippen MR) is 126 cm³/mol. The Morgan fingerprint density at radius 3 is 2.64 bits per heavy atom. The SMILES string of the molecule is O=C(CCNc1cc(-c2ccsc2)cc(-c2cccc(O)c2)n1)NCc1ccc(F)cc1F. The van der Waals surface area contributed by atoms with Crippen LogP contribution in [0.15, 0.2) is 71.4 Å². The average Bonchev–Trinajstić information content (AvgIpc) is 3.33. The molecule has 0 aliphatic rings. The first-order valence-electron chi connectivity index (χ1n) is 10.3. The van der Waals surface area contributed by atoms with Crippen LogP contribution in [0.4, 0.5) is 14.6 Å². The van der Waals surface area contributed by atoms with E-state index >= 15 is 0 Å². The third kappa shape index (κ3) is 5.93. The molecule has 0 fully saturated rings. The van der Waals surface area contributed by atoms with Crippen LogP contribution in [0, 0.1) is 11.6 Å². The summed E-state index contributed by atoms with van der Waals surface area (Å²) in [6, 6.07) is 16.0. The van der Waals surface area contributed by atoms with Gasteiger partial charge >= 0.3 is 0 Å². The molecule has 2 aromatic heterocycles. The molecule has 8 heteroatoms. The van der Waals surface area contributed by atoms with Crippen LogP contribution >= 0.6 is 11.3 Å². The number of amides is 1. The minimum absolute atomic E-state index is 0.0154. The van der Waals surface area contributed by atoms with Gasteiger partial charge in [-0.2, -0.15) is 11.3 Å². The van der Waals surface area contributed by atoms with Gasteiger partial charge in [0.1, 0.15) is 23.2 Å². The number of carbonyl (C=O) groups excluding carboxylic acids is 1. The number of aromatic hydroxyl groups is 1. The lowest BCUT2D eigenvalue weighted by atomic mass is 10.1. The smallest absolute Gasteiger partial charge is 0.222 e. The van der Waals surface area contributed by atoms with E-state index in [1.807, 2.05) is 35.0 Å². The molecule has 0 radical (unpaired) electrons. The summed E-state index contributed by atoms with van der Waals surface area (Å²) >= 11 is 1.59. The summed E-state index contributed by atoms with van der Waals surface area (Å²) in [5.74, 6) is -0.877. The van der Waals surface area contributed by atoms with Crippen molar-refractivity contribution in [3.05, 3.63) is 88.6 Å². The molecule has 1 amide bonds. The maximum absolute atomic E-state index is 13.7. The molecule has 0 aliphatic heterocycles. The van der Waals surface area contributed by atoms with Crippen molar-refractivity contribution in [2.24, 2.45) is 0 Å². The maximum atomic E-state index is 13.7. The molecule has 3 N–H and O–H groups in total. The van der Waals surface area contributed by atoms with E-state index in [2.05, 4.69) is 15.6 Å². The minimum atomic E-state index is -0.692. The van der Waals surface area contributed by atoms with E-state index in [1.54, 1.807) is 29.5 Å². The first-order valence-corrected chi connectivity index (χ1v) is 11.2. The first-order chi connectivity index (χ1) is 16.0. The maximum Gasteiger partial charge on any atom is 0.222 e.